The van der Waals surface area contributed by atoms with Gasteiger partial charge in [-0.1, -0.05) is 0 Å². The largest absolute Gasteiger partial charge is 0.445 e. The molecule has 2 amide bonds. The summed E-state index contributed by atoms with van der Waals surface area (Å²) in [6.07, 6.45) is -0.834. The highest BCUT2D eigenvalue weighted by atomic mass is 32.2. The van der Waals surface area contributed by atoms with Crippen molar-refractivity contribution in [3.8, 4) is 0 Å². The summed E-state index contributed by atoms with van der Waals surface area (Å²) in [5.74, 6) is 0.992. The molecule has 3 heterocycles. The molecule has 1 saturated heterocycles. The lowest BCUT2D eigenvalue weighted by atomic mass is 10.1. The Morgan fingerprint density at radius 3 is 2.57 bits per heavy atom. The Kier molecular flexibility index (Phi) is 6.71. The average Bonchev–Trinajstić information content (AvgIpc) is 3.39. The third kappa shape index (κ3) is 5.57. The normalized spacial score (nSPS) is 19.9. The number of nitrogens with zero attached hydrogens (tertiary/aromatic N) is 6. The number of hydrogen-bond acceptors (Lipinski definition) is 10. The van der Waals surface area contributed by atoms with Crippen LogP contribution >= 0.6 is 0 Å². The lowest BCUT2D eigenvalue weighted by Crippen LogP contribution is -2.50. The van der Waals surface area contributed by atoms with Gasteiger partial charge in [0.25, 0.3) is 15.8 Å². The highest BCUT2D eigenvalue weighted by Gasteiger charge is 2.44. The number of benzene rings is 1. The second-order valence-corrected chi connectivity index (χ2v) is 9.98. The van der Waals surface area contributed by atoms with E-state index in [4.69, 9.17) is 8.92 Å². The van der Waals surface area contributed by atoms with Gasteiger partial charge in [0.15, 0.2) is 5.82 Å². The van der Waals surface area contributed by atoms with E-state index in [9.17, 15) is 28.1 Å². The number of nitro benzene ring substituents is 1. The van der Waals surface area contributed by atoms with Gasteiger partial charge >= 0.3 is 6.09 Å². The van der Waals surface area contributed by atoms with Crippen LogP contribution in [-0.4, -0.2) is 81.4 Å². The topological polar surface area (TPSA) is 167 Å². The van der Waals surface area contributed by atoms with Crippen molar-refractivity contribution in [1.29, 1.82) is 0 Å². The Morgan fingerprint density at radius 1 is 1.20 bits per heavy atom. The van der Waals surface area contributed by atoms with Gasteiger partial charge in [-0.2, -0.15) is 8.42 Å². The number of non-ortho nitro benzene ring substituents is 1. The molecule has 1 aromatic heterocycles. The maximum atomic E-state index is 13.4. The third-order valence-electron chi connectivity index (χ3n) is 5.85. The van der Waals surface area contributed by atoms with E-state index in [2.05, 4.69) is 10.2 Å². The van der Waals surface area contributed by atoms with Gasteiger partial charge < -0.3 is 14.2 Å². The van der Waals surface area contributed by atoms with E-state index < -0.39 is 33.3 Å². The number of likely N-dealkylation sites (tertiary alicyclic amines) is 1. The molecule has 35 heavy (non-hydrogen) atoms. The molecular formula is C20H24N6O8S. The summed E-state index contributed by atoms with van der Waals surface area (Å²) < 4.78 is 35.6. The van der Waals surface area contributed by atoms with Gasteiger partial charge in [0, 0.05) is 31.6 Å². The van der Waals surface area contributed by atoms with Crippen LogP contribution in [0.3, 0.4) is 0 Å². The zero-order valence-electron chi connectivity index (χ0n) is 19.1. The number of amides is 2. The van der Waals surface area contributed by atoms with Crippen molar-refractivity contribution in [3.63, 3.8) is 0 Å². The van der Waals surface area contributed by atoms with Crippen LogP contribution in [0, 0.1) is 17.0 Å². The van der Waals surface area contributed by atoms with Crippen LogP contribution < -0.4 is 0 Å². The zero-order chi connectivity index (χ0) is 25.3. The van der Waals surface area contributed by atoms with Crippen molar-refractivity contribution in [2.75, 3.05) is 19.3 Å². The van der Waals surface area contributed by atoms with Gasteiger partial charge in [-0.05, 0) is 24.6 Å². The molecule has 2 atom stereocenters. The SMILES string of the molecule is Cc1nnc2n1CCN(C(=O)[C@@H]1C[C@@H](OS(C)(=O)=O)CN1C(=O)OCc1ccc([N+](=O)[O-])cc1)C2. The van der Waals surface area contributed by atoms with Crippen LogP contribution in [0.1, 0.15) is 23.6 Å². The van der Waals surface area contributed by atoms with Crippen LogP contribution in [0.25, 0.3) is 0 Å². The summed E-state index contributed by atoms with van der Waals surface area (Å²) in [6.45, 7) is 2.58. The number of fused-ring (bicyclic) bond motifs is 1. The van der Waals surface area contributed by atoms with Crippen molar-refractivity contribution in [2.24, 2.45) is 0 Å². The molecule has 0 unspecified atom stereocenters. The minimum absolute atomic E-state index is 0.0131. The Labute approximate surface area is 200 Å². The molecule has 0 bridgehead atoms. The van der Waals surface area contributed by atoms with E-state index >= 15 is 0 Å². The number of aryl methyl sites for hydroxylation is 1. The zero-order valence-corrected chi connectivity index (χ0v) is 19.9. The number of nitro groups is 1. The molecule has 0 aliphatic carbocycles. The summed E-state index contributed by atoms with van der Waals surface area (Å²) in [6, 6.07) is 4.51. The molecule has 0 spiro atoms. The predicted octanol–water partition coefficient (Wildman–Crippen LogP) is 0.593. The predicted molar refractivity (Wildman–Crippen MR) is 118 cm³/mol. The second-order valence-electron chi connectivity index (χ2n) is 8.38. The Morgan fingerprint density at radius 2 is 1.91 bits per heavy atom. The molecule has 14 nitrogen and oxygen atoms in total. The summed E-state index contributed by atoms with van der Waals surface area (Å²) in [5, 5.41) is 18.9. The lowest BCUT2D eigenvalue weighted by Gasteiger charge is -2.32. The Balaban J connectivity index is 1.47. The van der Waals surface area contributed by atoms with Crippen LogP contribution in [0.5, 0.6) is 0 Å². The number of ether oxygens (including phenoxy) is 1. The van der Waals surface area contributed by atoms with Crippen molar-refractivity contribution in [3.05, 3.63) is 51.6 Å². The first-order valence-corrected chi connectivity index (χ1v) is 12.6. The van der Waals surface area contributed by atoms with Crippen LogP contribution in [0.2, 0.25) is 0 Å². The molecular weight excluding hydrogens is 484 g/mol. The summed E-state index contributed by atoms with van der Waals surface area (Å²) in [5.41, 5.74) is 0.416. The first kappa shape index (κ1) is 24.5. The van der Waals surface area contributed by atoms with Gasteiger partial charge in [-0.25, -0.2) is 4.79 Å². The molecule has 0 saturated carbocycles. The molecule has 0 radical (unpaired) electrons. The fraction of sp³-hybridized carbons (Fsp3) is 0.500. The number of carbonyl (C=O) groups excluding carboxylic acids is 2. The molecule has 0 N–H and O–H groups in total. The lowest BCUT2D eigenvalue weighted by molar-refractivity contribution is -0.384. The highest BCUT2D eigenvalue weighted by Crippen LogP contribution is 2.26. The highest BCUT2D eigenvalue weighted by molar-refractivity contribution is 7.86. The van der Waals surface area contributed by atoms with Crippen LogP contribution in [0.15, 0.2) is 24.3 Å². The molecule has 2 aliphatic rings. The first-order valence-electron chi connectivity index (χ1n) is 10.7. The van der Waals surface area contributed by atoms with Crippen molar-refractivity contribution < 1.29 is 31.9 Å². The van der Waals surface area contributed by atoms with E-state index in [1.54, 1.807) is 4.90 Å². The van der Waals surface area contributed by atoms with Crippen molar-refractivity contribution >= 4 is 27.8 Å². The third-order valence-corrected chi connectivity index (χ3v) is 6.47. The molecule has 1 aromatic carbocycles. The second kappa shape index (κ2) is 9.58. The molecule has 2 aromatic rings. The Bertz CT molecular complexity index is 1240. The van der Waals surface area contributed by atoms with E-state index in [-0.39, 0.29) is 37.7 Å². The van der Waals surface area contributed by atoms with E-state index in [0.717, 1.165) is 17.0 Å². The monoisotopic (exact) mass is 508 g/mol. The Hall–Kier alpha value is -3.59. The number of aromatic nitrogens is 3. The summed E-state index contributed by atoms with van der Waals surface area (Å²) >= 11 is 0. The van der Waals surface area contributed by atoms with Crippen molar-refractivity contribution in [1.82, 2.24) is 24.6 Å². The van der Waals surface area contributed by atoms with Gasteiger partial charge in [0.2, 0.25) is 5.91 Å². The standard InChI is InChI=1S/C20H24N6O8S/c1-13-21-22-18-11-23(7-8-24(13)18)19(27)17-9-16(34-35(2,31)32)10-25(17)20(28)33-12-14-3-5-15(6-4-14)26(29)30/h3-6,16-17H,7-12H2,1-2H3/t16-,17+/m1/s1. The van der Waals surface area contributed by atoms with Crippen LogP contribution in [0.4, 0.5) is 10.5 Å². The van der Waals surface area contributed by atoms with Gasteiger partial charge in [-0.15, -0.1) is 10.2 Å². The average molecular weight is 509 g/mol. The fourth-order valence-corrected chi connectivity index (χ4v) is 4.83. The van der Waals surface area contributed by atoms with E-state index in [0.29, 0.717) is 24.5 Å². The van der Waals surface area contributed by atoms with Crippen LogP contribution in [-0.2, 0) is 43.5 Å². The molecule has 15 heteroatoms. The van der Waals surface area contributed by atoms with Crippen molar-refractivity contribution in [2.45, 2.75) is 45.2 Å². The van der Waals surface area contributed by atoms with Gasteiger partial charge in [-0.3, -0.25) is 24.0 Å². The number of carbonyl (C=O) groups is 2. The smallest absolute Gasteiger partial charge is 0.410 e. The minimum Gasteiger partial charge on any atom is -0.445 e. The molecule has 188 valence electrons. The quantitative estimate of drug-likeness (QED) is 0.306. The molecule has 4 rings (SSSR count). The fourth-order valence-electron chi connectivity index (χ4n) is 4.19. The maximum Gasteiger partial charge on any atom is 0.410 e. The summed E-state index contributed by atoms with van der Waals surface area (Å²) in [7, 11) is -3.81. The van der Waals surface area contributed by atoms with E-state index in [1.165, 1.54) is 24.3 Å². The first-order chi connectivity index (χ1) is 16.5. The minimum atomic E-state index is -3.81. The van der Waals surface area contributed by atoms with E-state index in [1.807, 2.05) is 11.5 Å². The molecule has 1 fully saturated rings. The number of rotatable bonds is 6. The summed E-state index contributed by atoms with van der Waals surface area (Å²) in [4.78, 5) is 39.2. The molecule has 2 aliphatic heterocycles. The van der Waals surface area contributed by atoms with Gasteiger partial charge in [0.05, 0.1) is 30.4 Å². The maximum absolute atomic E-state index is 13.4. The van der Waals surface area contributed by atoms with Gasteiger partial charge in [0.1, 0.15) is 18.5 Å². The number of hydrogen-bond donors (Lipinski definition) is 0.